The minimum atomic E-state index is -0.517. The van der Waals surface area contributed by atoms with Gasteiger partial charge in [-0.3, -0.25) is 0 Å². The van der Waals surface area contributed by atoms with Crippen molar-refractivity contribution in [2.24, 2.45) is 0 Å². The molecule has 0 spiro atoms. The average molecular weight is 867 g/mol. The summed E-state index contributed by atoms with van der Waals surface area (Å²) in [7, 11) is 0. The Labute approximate surface area is 396 Å². The van der Waals surface area contributed by atoms with Crippen LogP contribution in [0, 0.1) is 0 Å². The Hall–Kier alpha value is -8.51. The number of rotatable bonds is 7. The van der Waals surface area contributed by atoms with E-state index in [-0.39, 0.29) is 27.6 Å². The monoisotopic (exact) mass is 866 g/mol. The van der Waals surface area contributed by atoms with Crippen LogP contribution >= 0.6 is 11.3 Å². The van der Waals surface area contributed by atoms with Crippen molar-refractivity contribution in [2.75, 3.05) is 0 Å². The molecule has 0 saturated heterocycles. The minimum Gasteiger partial charge on any atom is -0.308 e. The van der Waals surface area contributed by atoms with Crippen LogP contribution in [0.15, 0.2) is 230 Å². The first-order valence-electron chi connectivity index (χ1n) is 25.6. The highest BCUT2D eigenvalue weighted by Crippen LogP contribution is 2.41. The highest BCUT2D eigenvalue weighted by Gasteiger charge is 2.21. The van der Waals surface area contributed by atoms with Crippen LogP contribution in [0.25, 0.3) is 126 Å². The van der Waals surface area contributed by atoms with Gasteiger partial charge in [-0.15, -0.1) is 11.3 Å². The maximum Gasteiger partial charge on any atom is 0.166 e. The van der Waals surface area contributed by atoms with Crippen molar-refractivity contribution in [2.45, 2.75) is 0 Å². The fraction of sp³-hybridized carbons (Fsp3) is 0. The molecule has 13 aromatic rings. The summed E-state index contributed by atoms with van der Waals surface area (Å²) in [5.41, 5.74) is 7.99. The average Bonchev–Trinajstić information content (AvgIpc) is 4.06. The molecule has 0 saturated carbocycles. The first-order chi connectivity index (χ1) is 36.0. The number of para-hydroxylation sites is 2. The fourth-order valence-electron chi connectivity index (χ4n) is 9.09. The lowest BCUT2D eigenvalue weighted by molar-refractivity contribution is 1.06. The molecule has 0 unspecified atom stereocenters. The van der Waals surface area contributed by atoms with E-state index in [0.717, 1.165) is 55.3 Å². The van der Waals surface area contributed by atoms with Crippen LogP contribution in [0.2, 0.25) is 0 Å². The summed E-state index contributed by atoms with van der Waals surface area (Å²) < 4.78 is 76.2. The maximum atomic E-state index is 9.39. The summed E-state index contributed by atoms with van der Waals surface area (Å²) in [6, 6.07) is 57.3. The number of hydrogen-bond donors (Lipinski definition) is 0. The third-order valence-corrected chi connectivity index (χ3v) is 13.6. The van der Waals surface area contributed by atoms with Gasteiger partial charge in [-0.1, -0.05) is 194 Å². The predicted molar refractivity (Wildman–Crippen MR) is 277 cm³/mol. The van der Waals surface area contributed by atoms with E-state index in [4.69, 9.17) is 23.2 Å². The molecule has 0 atom stereocenters. The molecule has 13 rings (SSSR count). The SMILES string of the molecule is [2H]c1c([2H])c([2H])c2c(c1[2H])c1c([2H])c([2H])c([2H])c([2H])c1n2-c1cc(-c2ccccc2)ccc1-c1nc(-c2ccc(-c3ccc4ccccc4c3)cc2)nc(-c2ccc(-c3cccc4c3sc3ccccc34)cc2)n1. The van der Waals surface area contributed by atoms with Gasteiger partial charge in [0.1, 0.15) is 0 Å². The molecule has 0 radical (unpaired) electrons. The Bertz CT molecular complexity index is 4380. The molecule has 0 aliphatic carbocycles. The maximum absolute atomic E-state index is 9.39. The lowest BCUT2D eigenvalue weighted by Gasteiger charge is -2.16. The first-order valence-corrected chi connectivity index (χ1v) is 22.4. The normalized spacial score (nSPS) is 13.3. The standard InChI is InChI=1S/C61H38N4S/c1-2-13-39(14-3-1)47-35-36-53(56(38-47)65-54-22-9-6-17-49(54)50-18-7-10-23-55(50)65)61-63-59(43-30-25-41(26-31-43)46-34-27-40-15-4-5-16-45(40)37-46)62-60(64-61)44-32-28-42(29-33-44)48-20-12-21-52-51-19-8-11-24-57(51)66-58(48)52/h1-38H/i6D,7D,9D,10D,17D,18D,22D,23D. The van der Waals surface area contributed by atoms with Crippen molar-refractivity contribution in [3.8, 4) is 73.2 Å². The van der Waals surface area contributed by atoms with Crippen LogP contribution in [-0.2, 0) is 0 Å². The Morgan fingerprint density at radius 1 is 0.364 bits per heavy atom. The molecule has 0 fully saturated rings. The molecule has 0 bridgehead atoms. The van der Waals surface area contributed by atoms with Gasteiger partial charge in [-0.05, 0) is 80.5 Å². The van der Waals surface area contributed by atoms with Crippen LogP contribution in [0.4, 0.5) is 0 Å². The largest absolute Gasteiger partial charge is 0.308 e. The Morgan fingerprint density at radius 3 is 1.65 bits per heavy atom. The number of nitrogens with zero attached hydrogens (tertiary/aromatic N) is 4. The number of thiophene rings is 1. The second-order valence-corrected chi connectivity index (χ2v) is 17.2. The molecule has 0 amide bonds. The van der Waals surface area contributed by atoms with Gasteiger partial charge in [0.05, 0.1) is 27.7 Å². The van der Waals surface area contributed by atoms with E-state index in [1.165, 1.54) is 24.7 Å². The van der Waals surface area contributed by atoms with Crippen molar-refractivity contribution < 1.29 is 11.0 Å². The molecule has 3 heterocycles. The van der Waals surface area contributed by atoms with E-state index in [1.54, 1.807) is 11.3 Å². The van der Waals surface area contributed by atoms with Gasteiger partial charge < -0.3 is 4.57 Å². The van der Waals surface area contributed by atoms with Gasteiger partial charge in [0, 0.05) is 47.6 Å². The minimum absolute atomic E-state index is 0.00695. The summed E-state index contributed by atoms with van der Waals surface area (Å²) in [5, 5.41) is 4.67. The second kappa shape index (κ2) is 15.6. The molecular weight excluding hydrogens is 821 g/mol. The van der Waals surface area contributed by atoms with Gasteiger partial charge >= 0.3 is 0 Å². The summed E-state index contributed by atoms with van der Waals surface area (Å²) in [4.78, 5) is 15.6. The van der Waals surface area contributed by atoms with Crippen molar-refractivity contribution in [3.63, 3.8) is 0 Å². The number of hydrogen-bond acceptors (Lipinski definition) is 4. The van der Waals surface area contributed by atoms with E-state index >= 15 is 0 Å². The molecule has 4 nitrogen and oxygen atoms in total. The van der Waals surface area contributed by atoms with E-state index in [0.29, 0.717) is 22.9 Å². The Balaban J connectivity index is 1.05. The Morgan fingerprint density at radius 2 is 0.909 bits per heavy atom. The van der Waals surface area contributed by atoms with E-state index < -0.39 is 48.3 Å². The lowest BCUT2D eigenvalue weighted by atomic mass is 10.00. The van der Waals surface area contributed by atoms with Crippen molar-refractivity contribution in [1.29, 1.82) is 0 Å². The number of fused-ring (bicyclic) bond motifs is 7. The molecule has 0 N–H and O–H groups in total. The van der Waals surface area contributed by atoms with Crippen LogP contribution in [0.3, 0.4) is 0 Å². The second-order valence-electron chi connectivity index (χ2n) is 16.2. The fourth-order valence-corrected chi connectivity index (χ4v) is 10.3. The topological polar surface area (TPSA) is 43.6 Å². The quantitative estimate of drug-likeness (QED) is 0.160. The Kier molecular flexibility index (Phi) is 7.24. The van der Waals surface area contributed by atoms with Crippen LogP contribution in [0.1, 0.15) is 11.0 Å². The van der Waals surface area contributed by atoms with Crippen molar-refractivity contribution in [1.82, 2.24) is 19.5 Å². The molecule has 0 aliphatic heterocycles. The smallest absolute Gasteiger partial charge is 0.166 e. The highest BCUT2D eigenvalue weighted by atomic mass is 32.1. The van der Waals surface area contributed by atoms with Gasteiger partial charge in [-0.25, -0.2) is 15.0 Å². The van der Waals surface area contributed by atoms with Crippen LogP contribution < -0.4 is 0 Å². The predicted octanol–water partition coefficient (Wildman–Crippen LogP) is 16.5. The molecule has 0 aliphatic rings. The van der Waals surface area contributed by atoms with Gasteiger partial charge in [0.25, 0.3) is 0 Å². The number of aromatic nitrogens is 4. The highest BCUT2D eigenvalue weighted by molar-refractivity contribution is 7.26. The first kappa shape index (κ1) is 30.6. The third-order valence-electron chi connectivity index (χ3n) is 12.3. The van der Waals surface area contributed by atoms with Crippen molar-refractivity contribution in [3.05, 3.63) is 230 Å². The molecule has 3 aromatic heterocycles. The molecule has 66 heavy (non-hydrogen) atoms. The van der Waals surface area contributed by atoms with Crippen LogP contribution in [0.5, 0.6) is 0 Å². The zero-order valence-electron chi connectivity index (χ0n) is 43.0. The third kappa shape index (κ3) is 6.48. The lowest BCUT2D eigenvalue weighted by Crippen LogP contribution is -2.04. The van der Waals surface area contributed by atoms with Gasteiger partial charge in [-0.2, -0.15) is 0 Å². The van der Waals surface area contributed by atoms with Gasteiger partial charge in [0.15, 0.2) is 17.5 Å². The summed E-state index contributed by atoms with van der Waals surface area (Å²) in [5.74, 6) is 0.978. The number of benzene rings is 10. The van der Waals surface area contributed by atoms with E-state index in [9.17, 15) is 2.74 Å². The molecule has 308 valence electrons. The summed E-state index contributed by atoms with van der Waals surface area (Å²) in [6.07, 6.45) is 0. The van der Waals surface area contributed by atoms with E-state index in [1.807, 2.05) is 97.1 Å². The summed E-state index contributed by atoms with van der Waals surface area (Å²) in [6.45, 7) is 0. The summed E-state index contributed by atoms with van der Waals surface area (Å²) >= 11 is 1.77. The zero-order chi connectivity index (χ0) is 50.5. The molecule has 5 heteroatoms. The van der Waals surface area contributed by atoms with Gasteiger partial charge in [0.2, 0.25) is 0 Å². The van der Waals surface area contributed by atoms with Crippen LogP contribution in [-0.4, -0.2) is 19.5 Å². The zero-order valence-corrected chi connectivity index (χ0v) is 35.8. The van der Waals surface area contributed by atoms with E-state index in [2.05, 4.69) is 84.9 Å². The molecule has 10 aromatic carbocycles. The molecular formula is C61H38N4S. The van der Waals surface area contributed by atoms with Crippen molar-refractivity contribution >= 4 is 64.1 Å².